The SMILES string of the molecule is CC(C)CCCC(C)O[Si](C)(C)C. The molecule has 1 nitrogen and oxygen atoms in total. The highest BCUT2D eigenvalue weighted by molar-refractivity contribution is 6.69. The van der Waals surface area contributed by atoms with Crippen molar-refractivity contribution in [3.63, 3.8) is 0 Å². The van der Waals surface area contributed by atoms with Gasteiger partial charge in [-0.3, -0.25) is 0 Å². The van der Waals surface area contributed by atoms with E-state index in [-0.39, 0.29) is 0 Å². The second-order valence-electron chi connectivity index (χ2n) is 5.37. The Morgan fingerprint density at radius 1 is 1.00 bits per heavy atom. The van der Waals surface area contributed by atoms with Crippen LogP contribution < -0.4 is 0 Å². The van der Waals surface area contributed by atoms with Crippen LogP contribution in [-0.4, -0.2) is 14.4 Å². The lowest BCUT2D eigenvalue weighted by atomic mass is 10.1. The lowest BCUT2D eigenvalue weighted by Gasteiger charge is -2.23. The Balaban J connectivity index is 3.46. The Kier molecular flexibility index (Phi) is 5.89. The van der Waals surface area contributed by atoms with Crippen molar-refractivity contribution in [2.75, 3.05) is 0 Å². The van der Waals surface area contributed by atoms with Crippen molar-refractivity contribution < 1.29 is 4.43 Å². The average Bonchev–Trinajstić information content (AvgIpc) is 1.81. The van der Waals surface area contributed by atoms with E-state index in [4.69, 9.17) is 4.43 Å². The van der Waals surface area contributed by atoms with Crippen molar-refractivity contribution in [3.8, 4) is 0 Å². The summed E-state index contributed by atoms with van der Waals surface area (Å²) in [5.74, 6) is 0.832. The van der Waals surface area contributed by atoms with Gasteiger partial charge in [-0.25, -0.2) is 0 Å². The molecular weight excluding hydrogens is 176 g/mol. The molecule has 0 aliphatic rings. The molecule has 0 aromatic heterocycles. The van der Waals surface area contributed by atoms with E-state index in [2.05, 4.69) is 40.4 Å². The standard InChI is InChI=1S/C11H26OSi/c1-10(2)8-7-9-11(3)12-13(4,5)6/h10-11H,7-9H2,1-6H3. The monoisotopic (exact) mass is 202 g/mol. The maximum Gasteiger partial charge on any atom is 0.184 e. The van der Waals surface area contributed by atoms with Gasteiger partial charge in [0.2, 0.25) is 0 Å². The molecule has 0 rings (SSSR count). The van der Waals surface area contributed by atoms with E-state index < -0.39 is 8.32 Å². The van der Waals surface area contributed by atoms with Crippen molar-refractivity contribution in [2.45, 2.75) is 65.8 Å². The first-order valence-electron chi connectivity index (χ1n) is 5.49. The molecule has 2 heteroatoms. The molecule has 0 aliphatic heterocycles. The molecule has 0 bridgehead atoms. The second kappa shape index (κ2) is 5.81. The number of hydrogen-bond donors (Lipinski definition) is 0. The Bertz CT molecular complexity index is 127. The summed E-state index contributed by atoms with van der Waals surface area (Å²) in [5.41, 5.74) is 0. The topological polar surface area (TPSA) is 9.23 Å². The van der Waals surface area contributed by atoms with Crippen LogP contribution in [0.2, 0.25) is 19.6 Å². The molecule has 0 aromatic carbocycles. The maximum absolute atomic E-state index is 5.96. The molecule has 0 N–H and O–H groups in total. The van der Waals surface area contributed by atoms with Gasteiger partial charge in [0.25, 0.3) is 0 Å². The van der Waals surface area contributed by atoms with E-state index in [1.54, 1.807) is 0 Å². The van der Waals surface area contributed by atoms with Crippen LogP contribution in [-0.2, 0) is 4.43 Å². The summed E-state index contributed by atoms with van der Waals surface area (Å²) < 4.78 is 5.96. The smallest absolute Gasteiger partial charge is 0.184 e. The fourth-order valence-corrected chi connectivity index (χ4v) is 2.80. The third kappa shape index (κ3) is 10.1. The van der Waals surface area contributed by atoms with Gasteiger partial charge in [0.1, 0.15) is 0 Å². The minimum absolute atomic E-state index is 0.463. The molecule has 0 saturated heterocycles. The average molecular weight is 202 g/mol. The van der Waals surface area contributed by atoms with Gasteiger partial charge in [0.15, 0.2) is 8.32 Å². The van der Waals surface area contributed by atoms with Crippen LogP contribution in [0.1, 0.15) is 40.0 Å². The summed E-state index contributed by atoms with van der Waals surface area (Å²) in [4.78, 5) is 0. The zero-order valence-electron chi connectivity index (χ0n) is 10.2. The summed E-state index contributed by atoms with van der Waals surface area (Å²) in [6.45, 7) is 13.5. The molecule has 0 aliphatic carbocycles. The van der Waals surface area contributed by atoms with Gasteiger partial charge in [-0.15, -0.1) is 0 Å². The first-order chi connectivity index (χ1) is 5.81. The first kappa shape index (κ1) is 13.2. The zero-order chi connectivity index (χ0) is 10.5. The predicted molar refractivity (Wildman–Crippen MR) is 62.6 cm³/mol. The third-order valence-electron chi connectivity index (χ3n) is 1.95. The molecule has 0 aromatic rings. The lowest BCUT2D eigenvalue weighted by molar-refractivity contribution is 0.197. The molecule has 0 spiro atoms. The van der Waals surface area contributed by atoms with Crippen LogP contribution in [0.5, 0.6) is 0 Å². The fraction of sp³-hybridized carbons (Fsp3) is 1.00. The van der Waals surface area contributed by atoms with Crippen molar-refractivity contribution in [1.29, 1.82) is 0 Å². The second-order valence-corrected chi connectivity index (χ2v) is 9.83. The van der Waals surface area contributed by atoms with Gasteiger partial charge >= 0.3 is 0 Å². The molecule has 0 fully saturated rings. The van der Waals surface area contributed by atoms with Crippen LogP contribution in [0.4, 0.5) is 0 Å². The third-order valence-corrected chi connectivity index (χ3v) is 3.06. The van der Waals surface area contributed by atoms with E-state index in [1.807, 2.05) is 0 Å². The van der Waals surface area contributed by atoms with Crippen molar-refractivity contribution >= 4 is 8.32 Å². The minimum Gasteiger partial charge on any atom is -0.415 e. The van der Waals surface area contributed by atoms with Gasteiger partial charge in [0.05, 0.1) is 0 Å². The van der Waals surface area contributed by atoms with E-state index in [0.717, 1.165) is 5.92 Å². The Hall–Kier alpha value is 0.177. The summed E-state index contributed by atoms with van der Waals surface area (Å²) in [7, 11) is -1.30. The minimum atomic E-state index is -1.30. The maximum atomic E-state index is 5.96. The molecule has 0 saturated carbocycles. The quantitative estimate of drug-likeness (QED) is 0.590. The van der Waals surface area contributed by atoms with Crippen LogP contribution in [0, 0.1) is 5.92 Å². The number of hydrogen-bond acceptors (Lipinski definition) is 1. The van der Waals surface area contributed by atoms with Gasteiger partial charge in [-0.05, 0) is 38.9 Å². The highest BCUT2D eigenvalue weighted by atomic mass is 28.4. The van der Waals surface area contributed by atoms with E-state index in [9.17, 15) is 0 Å². The van der Waals surface area contributed by atoms with E-state index >= 15 is 0 Å². The predicted octanol–water partition coefficient (Wildman–Crippen LogP) is 4.05. The van der Waals surface area contributed by atoms with E-state index in [1.165, 1.54) is 19.3 Å². The molecular formula is C11H26OSi. The molecule has 1 unspecified atom stereocenters. The summed E-state index contributed by atoms with van der Waals surface area (Å²) in [6.07, 6.45) is 4.33. The molecule has 13 heavy (non-hydrogen) atoms. The Morgan fingerprint density at radius 2 is 1.54 bits per heavy atom. The summed E-state index contributed by atoms with van der Waals surface area (Å²) in [6, 6.07) is 0. The molecule has 0 radical (unpaired) electrons. The van der Waals surface area contributed by atoms with Crippen LogP contribution in [0.15, 0.2) is 0 Å². The largest absolute Gasteiger partial charge is 0.415 e. The molecule has 80 valence electrons. The Morgan fingerprint density at radius 3 is 1.92 bits per heavy atom. The van der Waals surface area contributed by atoms with E-state index in [0.29, 0.717) is 6.10 Å². The Labute approximate surface area is 85.0 Å². The van der Waals surface area contributed by atoms with Crippen LogP contribution in [0.3, 0.4) is 0 Å². The molecule has 0 amide bonds. The summed E-state index contributed by atoms with van der Waals surface area (Å²) in [5, 5.41) is 0. The van der Waals surface area contributed by atoms with Crippen LogP contribution >= 0.6 is 0 Å². The highest BCUT2D eigenvalue weighted by Crippen LogP contribution is 2.14. The molecule has 0 heterocycles. The van der Waals surface area contributed by atoms with Gasteiger partial charge < -0.3 is 4.43 Å². The highest BCUT2D eigenvalue weighted by Gasteiger charge is 2.17. The number of rotatable bonds is 6. The zero-order valence-corrected chi connectivity index (χ0v) is 11.2. The van der Waals surface area contributed by atoms with Crippen LogP contribution in [0.25, 0.3) is 0 Å². The lowest BCUT2D eigenvalue weighted by Crippen LogP contribution is -2.30. The van der Waals surface area contributed by atoms with Crippen molar-refractivity contribution in [2.24, 2.45) is 5.92 Å². The van der Waals surface area contributed by atoms with Gasteiger partial charge in [-0.2, -0.15) is 0 Å². The molecule has 1 atom stereocenters. The van der Waals surface area contributed by atoms with Crippen molar-refractivity contribution in [3.05, 3.63) is 0 Å². The van der Waals surface area contributed by atoms with Crippen molar-refractivity contribution in [1.82, 2.24) is 0 Å². The normalized spacial score (nSPS) is 15.0. The first-order valence-corrected chi connectivity index (χ1v) is 8.90. The summed E-state index contributed by atoms with van der Waals surface area (Å²) >= 11 is 0. The van der Waals surface area contributed by atoms with Gasteiger partial charge in [0, 0.05) is 6.10 Å². The van der Waals surface area contributed by atoms with Gasteiger partial charge in [-0.1, -0.05) is 26.7 Å². The fourth-order valence-electron chi connectivity index (χ4n) is 1.48.